The van der Waals surface area contributed by atoms with Crippen LogP contribution in [0.2, 0.25) is 10.0 Å². The molecule has 0 aliphatic carbocycles. The van der Waals surface area contributed by atoms with E-state index in [0.29, 0.717) is 23.5 Å². The summed E-state index contributed by atoms with van der Waals surface area (Å²) in [7, 11) is 0. The van der Waals surface area contributed by atoms with Gasteiger partial charge >= 0.3 is 0 Å². The van der Waals surface area contributed by atoms with Crippen LogP contribution < -0.4 is 20.4 Å². The van der Waals surface area contributed by atoms with E-state index in [9.17, 15) is 0 Å². The van der Waals surface area contributed by atoms with Crippen LogP contribution in [0.5, 0.6) is 0 Å². The largest absolute Gasteiger partial charge is 0.369 e. The lowest BCUT2D eigenvalue weighted by Crippen LogP contribution is -2.27. The van der Waals surface area contributed by atoms with Gasteiger partial charge in [0.15, 0.2) is 0 Å². The molecule has 0 unspecified atom stereocenters. The van der Waals surface area contributed by atoms with E-state index in [1.807, 2.05) is 12.1 Å². The summed E-state index contributed by atoms with van der Waals surface area (Å²) in [6.07, 6.45) is 0.990. The molecule has 0 amide bonds. The molecule has 2 aromatic rings. The third kappa shape index (κ3) is 11.8. The van der Waals surface area contributed by atoms with Crippen LogP contribution in [0.3, 0.4) is 0 Å². The quantitative estimate of drug-likeness (QED) is 0.133. The molecule has 0 fully saturated rings. The Morgan fingerprint density at radius 2 is 0.944 bits per heavy atom. The van der Waals surface area contributed by atoms with Gasteiger partial charge in [0.1, 0.15) is 0 Å². The van der Waals surface area contributed by atoms with Crippen molar-refractivity contribution in [2.24, 2.45) is 0 Å². The summed E-state index contributed by atoms with van der Waals surface area (Å²) in [5, 5.41) is 8.42. The highest BCUT2D eigenvalue weighted by atomic mass is 35.5. The predicted molar refractivity (Wildman–Crippen MR) is 165 cm³/mol. The highest BCUT2D eigenvalue weighted by molar-refractivity contribution is 6.32. The Kier molecular flexibility index (Phi) is 18.9. The molecule has 0 radical (unpaired) electrons. The van der Waals surface area contributed by atoms with E-state index in [4.69, 9.17) is 69.6 Å². The van der Waals surface area contributed by atoms with Crippen molar-refractivity contribution in [1.82, 2.24) is 10.6 Å². The van der Waals surface area contributed by atoms with E-state index in [0.717, 1.165) is 91.3 Å². The molecule has 0 bridgehead atoms. The minimum absolute atomic E-state index is 0. The van der Waals surface area contributed by atoms with Gasteiger partial charge in [-0.05, 0) is 54.9 Å². The Morgan fingerprint density at radius 3 is 1.25 bits per heavy atom. The van der Waals surface area contributed by atoms with E-state index in [1.165, 1.54) is 0 Å². The van der Waals surface area contributed by atoms with Crippen molar-refractivity contribution in [2.75, 3.05) is 72.6 Å². The number of alkyl halides is 4. The number of nitrogens with zero attached hydrogens (tertiary/aromatic N) is 2. The van der Waals surface area contributed by atoms with Gasteiger partial charge in [-0.2, -0.15) is 0 Å². The molecule has 11 heteroatoms. The van der Waals surface area contributed by atoms with Crippen LogP contribution in [0.15, 0.2) is 36.4 Å². The van der Waals surface area contributed by atoms with Gasteiger partial charge in [0.05, 0.1) is 0 Å². The maximum atomic E-state index is 6.51. The third-order valence-corrected chi connectivity index (χ3v) is 6.94. The molecule has 0 saturated heterocycles. The van der Waals surface area contributed by atoms with Crippen molar-refractivity contribution in [3.63, 3.8) is 0 Å². The number of anilines is 2. The van der Waals surface area contributed by atoms with Gasteiger partial charge in [-0.3, -0.25) is 0 Å². The molecule has 2 rings (SSSR count). The second-order valence-electron chi connectivity index (χ2n) is 7.99. The second kappa shape index (κ2) is 20.0. The van der Waals surface area contributed by atoms with Crippen molar-refractivity contribution < 1.29 is 0 Å². The zero-order valence-corrected chi connectivity index (χ0v) is 25.6. The molecule has 0 saturated carbocycles. The summed E-state index contributed by atoms with van der Waals surface area (Å²) in [5.41, 5.74) is 4.23. The third-order valence-electron chi connectivity index (χ3n) is 5.56. The lowest BCUT2D eigenvalue weighted by molar-refractivity contribution is 0.595. The number of rotatable bonds is 18. The highest BCUT2D eigenvalue weighted by Crippen LogP contribution is 2.25. The van der Waals surface area contributed by atoms with E-state index >= 15 is 0 Å². The molecule has 204 valence electrons. The zero-order valence-electron chi connectivity index (χ0n) is 20.2. The smallest absolute Gasteiger partial charge is 0.0471 e. The van der Waals surface area contributed by atoms with Crippen molar-refractivity contribution in [3.8, 4) is 0 Å². The maximum Gasteiger partial charge on any atom is 0.0471 e. The molecule has 0 atom stereocenters. The minimum Gasteiger partial charge on any atom is -0.369 e. The van der Waals surface area contributed by atoms with Gasteiger partial charge in [0, 0.05) is 84.2 Å². The topological polar surface area (TPSA) is 30.5 Å². The summed E-state index contributed by atoms with van der Waals surface area (Å²) >= 11 is 36.6. The second-order valence-corrected chi connectivity index (χ2v) is 10.3. The Hall–Kier alpha value is -0.0100. The van der Waals surface area contributed by atoms with Gasteiger partial charge in [0.2, 0.25) is 0 Å². The number of benzene rings is 2. The number of hydrogen-bond donors (Lipinski definition) is 2. The van der Waals surface area contributed by atoms with Crippen LogP contribution in [-0.4, -0.2) is 62.8 Å². The Balaban J connectivity index is 0.00000648. The first-order valence-electron chi connectivity index (χ1n) is 11.8. The first-order valence-corrected chi connectivity index (χ1v) is 14.7. The fourth-order valence-corrected chi connectivity index (χ4v) is 4.98. The average Bonchev–Trinajstić information content (AvgIpc) is 2.84. The Labute approximate surface area is 252 Å². The van der Waals surface area contributed by atoms with Crippen LogP contribution in [0.1, 0.15) is 17.5 Å². The summed E-state index contributed by atoms with van der Waals surface area (Å²) in [4.78, 5) is 4.29. The highest BCUT2D eigenvalue weighted by Gasteiger charge is 2.10. The van der Waals surface area contributed by atoms with Crippen LogP contribution in [0.25, 0.3) is 0 Å². The van der Waals surface area contributed by atoms with Crippen LogP contribution in [0, 0.1) is 0 Å². The normalized spacial score (nSPS) is 10.8. The number of hydrogen-bond acceptors (Lipinski definition) is 4. The van der Waals surface area contributed by atoms with Crippen LogP contribution in [0.4, 0.5) is 11.4 Å². The Bertz CT molecular complexity index is 791. The Morgan fingerprint density at radius 1 is 0.583 bits per heavy atom. The van der Waals surface area contributed by atoms with Gasteiger partial charge in [-0.15, -0.1) is 58.8 Å². The van der Waals surface area contributed by atoms with Gasteiger partial charge < -0.3 is 20.4 Å². The summed E-state index contributed by atoms with van der Waals surface area (Å²) in [6, 6.07) is 12.2. The standard InChI is InChI=1S/C25H34Cl6N4.ClH/c26-6-12-34(13-7-27)22-4-2-20(24(30)16-22)18-32-10-1-11-33-19-21-3-5-23(17-25(21)31)35(14-8-28)15-9-29;/h2-5,16-17,32-33H,1,6-15,18-19H2;1H. The monoisotopic (exact) mass is 636 g/mol. The van der Waals surface area contributed by atoms with Gasteiger partial charge in [-0.25, -0.2) is 0 Å². The molecule has 4 nitrogen and oxygen atoms in total. The molecule has 0 aromatic heterocycles. The summed E-state index contributed by atoms with van der Waals surface area (Å²) in [6.45, 7) is 6.17. The fraction of sp³-hybridized carbons (Fsp3) is 0.520. The van der Waals surface area contributed by atoms with E-state index in [-0.39, 0.29) is 12.4 Å². The minimum atomic E-state index is 0. The molecule has 36 heavy (non-hydrogen) atoms. The first-order chi connectivity index (χ1) is 17.0. The van der Waals surface area contributed by atoms with Crippen molar-refractivity contribution in [3.05, 3.63) is 57.6 Å². The molecule has 0 spiro atoms. The zero-order chi connectivity index (χ0) is 25.5. The molecule has 0 aliphatic rings. The van der Waals surface area contributed by atoms with Gasteiger partial charge in [0.25, 0.3) is 0 Å². The van der Waals surface area contributed by atoms with Crippen LogP contribution >= 0.6 is 82.0 Å². The molecule has 2 N–H and O–H groups in total. The maximum absolute atomic E-state index is 6.51. The first kappa shape index (κ1) is 34.0. The van der Waals surface area contributed by atoms with Crippen molar-refractivity contribution in [1.29, 1.82) is 0 Å². The van der Waals surface area contributed by atoms with E-state index in [1.54, 1.807) is 0 Å². The van der Waals surface area contributed by atoms with Crippen molar-refractivity contribution in [2.45, 2.75) is 19.5 Å². The number of nitrogens with one attached hydrogen (secondary N) is 2. The molecular formula is C25H35Cl7N4. The van der Waals surface area contributed by atoms with Gasteiger partial charge in [-0.1, -0.05) is 35.3 Å². The predicted octanol–water partition coefficient (Wildman–Crippen LogP) is 7.25. The van der Waals surface area contributed by atoms with Crippen molar-refractivity contribution >= 4 is 93.4 Å². The lowest BCUT2D eigenvalue weighted by Gasteiger charge is -2.23. The molecule has 0 aliphatic heterocycles. The molecule has 2 aromatic carbocycles. The summed E-state index contributed by atoms with van der Waals surface area (Å²) in [5.74, 6) is 2.19. The lowest BCUT2D eigenvalue weighted by atomic mass is 10.2. The fourth-order valence-electron chi connectivity index (χ4n) is 3.69. The number of halogens is 7. The molecule has 0 heterocycles. The summed E-state index contributed by atoms with van der Waals surface area (Å²) < 4.78 is 0. The van der Waals surface area contributed by atoms with E-state index < -0.39 is 0 Å². The SMILES string of the molecule is Cl.ClCCN(CCCl)c1ccc(CNCCCNCc2ccc(N(CCCl)CCCl)cc2Cl)c(Cl)c1. The van der Waals surface area contributed by atoms with E-state index in [2.05, 4.69) is 44.7 Å². The van der Waals surface area contributed by atoms with Crippen LogP contribution in [-0.2, 0) is 13.1 Å². The average molecular weight is 640 g/mol. The molecular weight excluding hydrogens is 604 g/mol.